The number of hydrogen-bond donors (Lipinski definition) is 0. The number of rotatable bonds is 6. The zero-order valence-electron chi connectivity index (χ0n) is 14.9. The van der Waals surface area contributed by atoms with Gasteiger partial charge in [-0.15, -0.1) is 11.3 Å². The summed E-state index contributed by atoms with van der Waals surface area (Å²) in [6.07, 6.45) is 0.470. The van der Waals surface area contributed by atoms with Gasteiger partial charge in [0.2, 0.25) is 5.91 Å². The largest absolute Gasteiger partial charge is 0.494 e. The smallest absolute Gasteiger partial charge is 0.227 e. The summed E-state index contributed by atoms with van der Waals surface area (Å²) >= 11 is 1.61. The Bertz CT molecular complexity index is 744. The topological polar surface area (TPSA) is 56.6 Å². The van der Waals surface area contributed by atoms with Crippen molar-refractivity contribution in [3.63, 3.8) is 0 Å². The summed E-state index contributed by atoms with van der Waals surface area (Å²) in [6.45, 7) is 5.33. The van der Waals surface area contributed by atoms with Crippen LogP contribution in [0.25, 0.3) is 0 Å². The van der Waals surface area contributed by atoms with Gasteiger partial charge in [0.1, 0.15) is 11.8 Å². The van der Waals surface area contributed by atoms with Gasteiger partial charge in [0.05, 0.1) is 19.1 Å². The molecule has 2 heterocycles. The highest BCUT2D eigenvalue weighted by Crippen LogP contribution is 2.24. The number of hydrogen-bond acceptors (Lipinski definition) is 5. The first-order chi connectivity index (χ1) is 12.7. The number of nitrogens with zero attached hydrogens (tertiary/aromatic N) is 3. The fraction of sp³-hybridized carbons (Fsp3) is 0.400. The van der Waals surface area contributed by atoms with E-state index in [1.54, 1.807) is 11.3 Å². The molecule has 1 aliphatic rings. The third-order valence-corrected chi connectivity index (χ3v) is 5.44. The fourth-order valence-corrected chi connectivity index (χ4v) is 3.88. The van der Waals surface area contributed by atoms with Crippen molar-refractivity contribution in [1.82, 2.24) is 9.80 Å². The number of carbonyl (C=O) groups is 1. The number of piperazine rings is 1. The molecular weight excluding hydrogens is 346 g/mol. The Kier molecular flexibility index (Phi) is 6.26. The van der Waals surface area contributed by atoms with Gasteiger partial charge in [-0.25, -0.2) is 0 Å². The second-order valence-electron chi connectivity index (χ2n) is 6.21. The monoisotopic (exact) mass is 369 g/mol. The maximum absolute atomic E-state index is 12.4. The molecule has 1 saturated heterocycles. The van der Waals surface area contributed by atoms with E-state index in [9.17, 15) is 10.1 Å². The molecule has 3 rings (SSSR count). The first kappa shape index (κ1) is 18.4. The first-order valence-electron chi connectivity index (χ1n) is 8.88. The van der Waals surface area contributed by atoms with Crippen LogP contribution in [-0.2, 0) is 11.2 Å². The van der Waals surface area contributed by atoms with Crippen LogP contribution in [-0.4, -0.2) is 48.5 Å². The summed E-state index contributed by atoms with van der Waals surface area (Å²) in [6, 6.07) is 13.8. The Morgan fingerprint density at radius 3 is 2.54 bits per heavy atom. The SMILES string of the molecule is CCOc1ccc(C(C#N)N2CCN(C(=O)Cc3cccs3)CC2)cc1. The fourth-order valence-electron chi connectivity index (χ4n) is 3.18. The van der Waals surface area contributed by atoms with Crippen LogP contribution in [0.2, 0.25) is 0 Å². The minimum atomic E-state index is -0.291. The Balaban J connectivity index is 1.57. The summed E-state index contributed by atoms with van der Waals surface area (Å²) in [5.41, 5.74) is 0.967. The zero-order chi connectivity index (χ0) is 18.4. The van der Waals surface area contributed by atoms with Crippen molar-refractivity contribution < 1.29 is 9.53 Å². The maximum Gasteiger partial charge on any atom is 0.227 e. The van der Waals surface area contributed by atoms with Gasteiger partial charge in [-0.05, 0) is 36.1 Å². The standard InChI is InChI=1S/C20H23N3O2S/c1-2-25-17-7-5-16(6-8-17)19(15-21)22-9-11-23(12-10-22)20(24)14-18-4-3-13-26-18/h3-8,13,19H,2,9-12,14H2,1H3. The number of nitriles is 1. The molecule has 6 heteroatoms. The lowest BCUT2D eigenvalue weighted by molar-refractivity contribution is -0.132. The minimum absolute atomic E-state index is 0.168. The average Bonchev–Trinajstić information content (AvgIpc) is 3.17. The summed E-state index contributed by atoms with van der Waals surface area (Å²) in [7, 11) is 0. The quantitative estimate of drug-likeness (QED) is 0.785. The highest BCUT2D eigenvalue weighted by atomic mass is 32.1. The highest BCUT2D eigenvalue weighted by molar-refractivity contribution is 7.10. The van der Waals surface area contributed by atoms with Gasteiger partial charge in [0, 0.05) is 31.1 Å². The second kappa shape index (κ2) is 8.84. The number of thiophene rings is 1. The Morgan fingerprint density at radius 2 is 1.96 bits per heavy atom. The average molecular weight is 369 g/mol. The Morgan fingerprint density at radius 1 is 1.23 bits per heavy atom. The summed E-state index contributed by atoms with van der Waals surface area (Å²) in [5, 5.41) is 11.6. The van der Waals surface area contributed by atoms with E-state index in [0.29, 0.717) is 39.2 Å². The third-order valence-electron chi connectivity index (χ3n) is 4.57. The predicted octanol–water partition coefficient (Wildman–Crippen LogP) is 3.10. The van der Waals surface area contributed by atoms with Crippen molar-refractivity contribution >= 4 is 17.2 Å². The van der Waals surface area contributed by atoms with Crippen LogP contribution < -0.4 is 4.74 Å². The van der Waals surface area contributed by atoms with Gasteiger partial charge in [-0.3, -0.25) is 9.69 Å². The van der Waals surface area contributed by atoms with E-state index in [2.05, 4.69) is 11.0 Å². The number of carbonyl (C=O) groups excluding carboxylic acids is 1. The Hall–Kier alpha value is -2.36. The van der Waals surface area contributed by atoms with Crippen LogP contribution in [0.3, 0.4) is 0 Å². The minimum Gasteiger partial charge on any atom is -0.494 e. The van der Waals surface area contributed by atoms with E-state index in [-0.39, 0.29) is 11.9 Å². The summed E-state index contributed by atoms with van der Waals surface area (Å²) in [5.74, 6) is 0.985. The molecule has 0 spiro atoms. The molecule has 0 N–H and O–H groups in total. The van der Waals surface area contributed by atoms with Crippen LogP contribution in [0.5, 0.6) is 5.75 Å². The molecule has 5 nitrogen and oxygen atoms in total. The van der Waals surface area contributed by atoms with Crippen molar-refractivity contribution in [3.8, 4) is 11.8 Å². The van der Waals surface area contributed by atoms with Crippen molar-refractivity contribution in [2.24, 2.45) is 0 Å². The molecule has 1 aliphatic heterocycles. The van der Waals surface area contributed by atoms with Gasteiger partial charge >= 0.3 is 0 Å². The molecule has 1 unspecified atom stereocenters. The summed E-state index contributed by atoms with van der Waals surface area (Å²) < 4.78 is 5.46. The predicted molar refractivity (Wildman–Crippen MR) is 102 cm³/mol. The van der Waals surface area contributed by atoms with Crippen molar-refractivity contribution in [2.75, 3.05) is 32.8 Å². The molecular formula is C20H23N3O2S. The number of ether oxygens (including phenoxy) is 1. The zero-order valence-corrected chi connectivity index (χ0v) is 15.7. The number of benzene rings is 1. The van der Waals surface area contributed by atoms with Crippen LogP contribution in [0.1, 0.15) is 23.4 Å². The van der Waals surface area contributed by atoms with E-state index < -0.39 is 0 Å². The molecule has 1 aromatic heterocycles. The lowest BCUT2D eigenvalue weighted by atomic mass is 10.1. The molecule has 2 aromatic rings. The molecule has 136 valence electrons. The lowest BCUT2D eigenvalue weighted by Crippen LogP contribution is -2.49. The van der Waals surface area contributed by atoms with Crippen LogP contribution in [0, 0.1) is 11.3 Å². The Labute approximate surface area is 158 Å². The van der Waals surface area contributed by atoms with Crippen LogP contribution >= 0.6 is 11.3 Å². The van der Waals surface area contributed by atoms with E-state index in [1.807, 2.05) is 53.6 Å². The van der Waals surface area contributed by atoms with Crippen molar-refractivity contribution in [1.29, 1.82) is 5.26 Å². The van der Waals surface area contributed by atoms with Gasteiger partial charge < -0.3 is 9.64 Å². The highest BCUT2D eigenvalue weighted by Gasteiger charge is 2.27. The molecule has 0 saturated carbocycles. The van der Waals surface area contributed by atoms with E-state index in [0.717, 1.165) is 16.2 Å². The van der Waals surface area contributed by atoms with Gasteiger partial charge in [-0.2, -0.15) is 5.26 Å². The van der Waals surface area contributed by atoms with Gasteiger partial charge in [-0.1, -0.05) is 18.2 Å². The molecule has 0 radical (unpaired) electrons. The number of amides is 1. The molecule has 1 fully saturated rings. The molecule has 1 amide bonds. The van der Waals surface area contributed by atoms with Crippen molar-refractivity contribution in [2.45, 2.75) is 19.4 Å². The van der Waals surface area contributed by atoms with E-state index in [4.69, 9.17) is 4.74 Å². The molecule has 1 aromatic carbocycles. The van der Waals surface area contributed by atoms with Crippen LogP contribution in [0.15, 0.2) is 41.8 Å². The van der Waals surface area contributed by atoms with Gasteiger partial charge in [0.25, 0.3) is 0 Å². The molecule has 26 heavy (non-hydrogen) atoms. The first-order valence-corrected chi connectivity index (χ1v) is 9.75. The normalized spacial score (nSPS) is 16.1. The molecule has 0 aliphatic carbocycles. The summed E-state index contributed by atoms with van der Waals surface area (Å²) in [4.78, 5) is 17.6. The third kappa shape index (κ3) is 4.43. The molecule has 1 atom stereocenters. The lowest BCUT2D eigenvalue weighted by Gasteiger charge is -2.37. The van der Waals surface area contributed by atoms with E-state index >= 15 is 0 Å². The van der Waals surface area contributed by atoms with Crippen LogP contribution in [0.4, 0.5) is 0 Å². The van der Waals surface area contributed by atoms with E-state index in [1.165, 1.54) is 0 Å². The molecule has 0 bridgehead atoms. The maximum atomic E-state index is 12.4. The second-order valence-corrected chi connectivity index (χ2v) is 7.24. The van der Waals surface area contributed by atoms with Crippen molar-refractivity contribution in [3.05, 3.63) is 52.2 Å². The van der Waals surface area contributed by atoms with Gasteiger partial charge in [0.15, 0.2) is 0 Å².